The maximum atomic E-state index is 5.42. The Labute approximate surface area is 160 Å². The molecule has 0 saturated carbocycles. The van der Waals surface area contributed by atoms with Crippen molar-refractivity contribution in [2.45, 2.75) is 13.0 Å². The van der Waals surface area contributed by atoms with Gasteiger partial charge in [-0.15, -0.1) is 0 Å². The van der Waals surface area contributed by atoms with Gasteiger partial charge < -0.3 is 9.30 Å². The van der Waals surface area contributed by atoms with Crippen LogP contribution in [0.4, 0.5) is 0 Å². The van der Waals surface area contributed by atoms with E-state index >= 15 is 0 Å². The van der Waals surface area contributed by atoms with Crippen LogP contribution in [0.2, 0.25) is 0 Å². The monoisotopic (exact) mass is 359 g/mol. The number of benzene rings is 2. The van der Waals surface area contributed by atoms with Gasteiger partial charge in [0.1, 0.15) is 11.6 Å². The second kappa shape index (κ2) is 7.80. The molecule has 0 atom stereocenters. The molecule has 0 spiro atoms. The van der Waals surface area contributed by atoms with Gasteiger partial charge in [-0.3, -0.25) is 4.90 Å². The van der Waals surface area contributed by atoms with Gasteiger partial charge in [-0.05, 0) is 6.07 Å². The first kappa shape index (κ1) is 17.6. The Balaban J connectivity index is 1.47. The lowest BCUT2D eigenvalue weighted by molar-refractivity contribution is 0.273. The molecule has 4 nitrogen and oxygen atoms in total. The molecule has 0 bridgehead atoms. The van der Waals surface area contributed by atoms with Crippen LogP contribution in [0.3, 0.4) is 0 Å². The van der Waals surface area contributed by atoms with E-state index in [9.17, 15) is 0 Å². The predicted octanol–water partition coefficient (Wildman–Crippen LogP) is 4.17. The molecule has 0 radical (unpaired) electrons. The number of rotatable bonds is 5. The fourth-order valence-corrected chi connectivity index (χ4v) is 3.68. The topological polar surface area (TPSA) is 30.3 Å². The molecule has 1 aromatic heterocycles. The van der Waals surface area contributed by atoms with Crippen LogP contribution < -0.4 is 4.74 Å². The number of ether oxygens (including phenoxy) is 1. The average Bonchev–Trinajstić information content (AvgIpc) is 3.05. The van der Waals surface area contributed by atoms with Crippen LogP contribution in [0, 0.1) is 0 Å². The van der Waals surface area contributed by atoms with Crippen molar-refractivity contribution < 1.29 is 4.74 Å². The van der Waals surface area contributed by atoms with Crippen molar-refractivity contribution in [1.29, 1.82) is 0 Å². The molecule has 0 fully saturated rings. The van der Waals surface area contributed by atoms with Crippen LogP contribution in [0.1, 0.15) is 17.0 Å². The lowest BCUT2D eigenvalue weighted by Crippen LogP contribution is -2.31. The summed E-state index contributed by atoms with van der Waals surface area (Å²) in [4.78, 5) is 7.37. The maximum absolute atomic E-state index is 5.42. The zero-order valence-electron chi connectivity index (χ0n) is 15.9. The lowest BCUT2D eigenvalue weighted by atomic mass is 10.1. The van der Waals surface area contributed by atoms with E-state index < -0.39 is 0 Å². The van der Waals surface area contributed by atoms with Gasteiger partial charge in [0.05, 0.1) is 18.5 Å². The fourth-order valence-electron chi connectivity index (χ4n) is 3.68. The molecule has 0 saturated heterocycles. The minimum Gasteiger partial charge on any atom is -0.496 e. The summed E-state index contributed by atoms with van der Waals surface area (Å²) in [5.74, 6) is 1.97. The number of imidazole rings is 1. The normalized spacial score (nSPS) is 14.4. The summed E-state index contributed by atoms with van der Waals surface area (Å²) in [6, 6.07) is 18.5. The summed E-state index contributed by atoms with van der Waals surface area (Å²) in [5, 5.41) is 0. The van der Waals surface area contributed by atoms with Crippen molar-refractivity contribution in [3.8, 4) is 17.1 Å². The predicted molar refractivity (Wildman–Crippen MR) is 110 cm³/mol. The number of methoxy groups -OCH3 is 1. The molecule has 4 rings (SSSR count). The summed E-state index contributed by atoms with van der Waals surface area (Å²) in [6.45, 7) is 2.89. The highest BCUT2D eigenvalue weighted by molar-refractivity contribution is 5.58. The first-order chi connectivity index (χ1) is 13.3. The van der Waals surface area contributed by atoms with E-state index in [-0.39, 0.29) is 0 Å². The van der Waals surface area contributed by atoms with Gasteiger partial charge in [-0.25, -0.2) is 4.98 Å². The van der Waals surface area contributed by atoms with Crippen LogP contribution in [-0.2, 0) is 20.0 Å². The second-order valence-corrected chi connectivity index (χ2v) is 6.88. The zero-order valence-corrected chi connectivity index (χ0v) is 15.9. The number of aromatic nitrogens is 2. The molecular formula is C23H25N3O. The quantitative estimate of drug-likeness (QED) is 0.685. The number of fused-ring (bicyclic) bond motifs is 1. The molecule has 27 heavy (non-hydrogen) atoms. The second-order valence-electron chi connectivity index (χ2n) is 6.88. The highest BCUT2D eigenvalue weighted by Crippen LogP contribution is 2.25. The maximum Gasteiger partial charge on any atom is 0.140 e. The SMILES string of the molecule is COc1ccccc1/C=C/CN1CCc2nc(-c3ccccc3)n(C)c2C1. The Morgan fingerprint density at radius 3 is 2.67 bits per heavy atom. The van der Waals surface area contributed by atoms with Gasteiger partial charge in [0.15, 0.2) is 0 Å². The van der Waals surface area contributed by atoms with Crippen LogP contribution in [0.25, 0.3) is 17.5 Å². The Kier molecular flexibility index (Phi) is 5.07. The van der Waals surface area contributed by atoms with E-state index in [2.05, 4.69) is 59.0 Å². The summed E-state index contributed by atoms with van der Waals surface area (Å²) >= 11 is 0. The molecule has 1 aliphatic rings. The van der Waals surface area contributed by atoms with Gasteiger partial charge in [0, 0.05) is 44.2 Å². The largest absolute Gasteiger partial charge is 0.496 e. The molecule has 1 aliphatic heterocycles. The molecule has 0 amide bonds. The van der Waals surface area contributed by atoms with E-state index in [1.165, 1.54) is 17.0 Å². The van der Waals surface area contributed by atoms with Crippen molar-refractivity contribution in [3.63, 3.8) is 0 Å². The van der Waals surface area contributed by atoms with Gasteiger partial charge in [0.2, 0.25) is 0 Å². The van der Waals surface area contributed by atoms with E-state index in [0.717, 1.165) is 43.2 Å². The highest BCUT2D eigenvalue weighted by atomic mass is 16.5. The zero-order chi connectivity index (χ0) is 18.6. The molecule has 138 valence electrons. The summed E-state index contributed by atoms with van der Waals surface area (Å²) in [5.41, 5.74) is 4.86. The summed E-state index contributed by atoms with van der Waals surface area (Å²) < 4.78 is 7.67. The third-order valence-corrected chi connectivity index (χ3v) is 5.17. The van der Waals surface area contributed by atoms with Crippen LogP contribution >= 0.6 is 0 Å². The van der Waals surface area contributed by atoms with Crippen molar-refractivity contribution >= 4 is 6.08 Å². The molecule has 2 heterocycles. The number of nitrogens with zero attached hydrogens (tertiary/aromatic N) is 3. The van der Waals surface area contributed by atoms with E-state index in [4.69, 9.17) is 9.72 Å². The number of hydrogen-bond acceptors (Lipinski definition) is 3. The Morgan fingerprint density at radius 1 is 1.07 bits per heavy atom. The van der Waals surface area contributed by atoms with Crippen molar-refractivity contribution in [1.82, 2.24) is 14.5 Å². The van der Waals surface area contributed by atoms with Gasteiger partial charge in [0.25, 0.3) is 0 Å². The Hall–Kier alpha value is -2.85. The molecule has 0 unspecified atom stereocenters. The number of para-hydroxylation sites is 1. The number of hydrogen-bond donors (Lipinski definition) is 0. The van der Waals surface area contributed by atoms with Gasteiger partial charge >= 0.3 is 0 Å². The smallest absolute Gasteiger partial charge is 0.140 e. The van der Waals surface area contributed by atoms with Crippen molar-refractivity contribution in [2.75, 3.05) is 20.2 Å². The van der Waals surface area contributed by atoms with Crippen molar-refractivity contribution in [2.24, 2.45) is 7.05 Å². The summed E-state index contributed by atoms with van der Waals surface area (Å²) in [7, 11) is 3.84. The fraction of sp³-hybridized carbons (Fsp3) is 0.261. The minimum absolute atomic E-state index is 0.911. The van der Waals surface area contributed by atoms with Crippen LogP contribution in [0.5, 0.6) is 5.75 Å². The van der Waals surface area contributed by atoms with Gasteiger partial charge in [-0.2, -0.15) is 0 Å². The summed E-state index contributed by atoms with van der Waals surface area (Å²) in [6.07, 6.45) is 5.36. The van der Waals surface area contributed by atoms with E-state index in [1.54, 1.807) is 7.11 Å². The third-order valence-electron chi connectivity index (χ3n) is 5.17. The first-order valence-electron chi connectivity index (χ1n) is 9.38. The van der Waals surface area contributed by atoms with Crippen LogP contribution in [-0.4, -0.2) is 34.7 Å². The lowest BCUT2D eigenvalue weighted by Gasteiger charge is -2.25. The van der Waals surface area contributed by atoms with E-state index in [1.807, 2.05) is 24.3 Å². The molecule has 2 aromatic carbocycles. The standard InChI is InChI=1S/C23H25N3O/c1-25-21-17-26(15-8-12-18-9-6-7-13-22(18)27-2)16-14-20(21)24-23(25)19-10-4-3-5-11-19/h3-13H,14-17H2,1-2H3/b12-8+. The molecule has 0 aliphatic carbocycles. The molecule has 3 aromatic rings. The Morgan fingerprint density at radius 2 is 1.85 bits per heavy atom. The highest BCUT2D eigenvalue weighted by Gasteiger charge is 2.22. The molecular weight excluding hydrogens is 334 g/mol. The van der Waals surface area contributed by atoms with E-state index in [0.29, 0.717) is 0 Å². The van der Waals surface area contributed by atoms with Gasteiger partial charge in [-0.1, -0.05) is 60.7 Å². The Bertz CT molecular complexity index is 944. The van der Waals surface area contributed by atoms with Crippen LogP contribution in [0.15, 0.2) is 60.7 Å². The molecule has 4 heteroatoms. The minimum atomic E-state index is 0.911. The first-order valence-corrected chi connectivity index (χ1v) is 9.38. The average molecular weight is 359 g/mol. The third kappa shape index (κ3) is 3.67. The van der Waals surface area contributed by atoms with Crippen molar-refractivity contribution in [3.05, 3.63) is 77.6 Å². The molecule has 0 N–H and O–H groups in total.